The molecule has 1 aromatic carbocycles. The number of carbonyl (C=O) groups excluding carboxylic acids is 1. The molecule has 2 aliphatic rings. The van der Waals surface area contributed by atoms with Crippen LogP contribution in [0.15, 0.2) is 36.0 Å². The molecule has 0 saturated carbocycles. The van der Waals surface area contributed by atoms with E-state index in [4.69, 9.17) is 5.11 Å². The Kier molecular flexibility index (Phi) is 5.35. The van der Waals surface area contributed by atoms with Crippen molar-refractivity contribution < 1.29 is 23.8 Å². The van der Waals surface area contributed by atoms with Gasteiger partial charge in [-0.2, -0.15) is 0 Å². The Hall–Kier alpha value is -2.23. The Labute approximate surface area is 166 Å². The van der Waals surface area contributed by atoms with Crippen LogP contribution in [-0.2, 0) is 4.79 Å². The van der Waals surface area contributed by atoms with E-state index >= 15 is 0 Å². The van der Waals surface area contributed by atoms with Crippen molar-refractivity contribution in [1.82, 2.24) is 14.5 Å². The summed E-state index contributed by atoms with van der Waals surface area (Å²) in [5, 5.41) is 12.3. The van der Waals surface area contributed by atoms with Crippen LogP contribution in [0.2, 0.25) is 0 Å². The van der Waals surface area contributed by atoms with Crippen molar-refractivity contribution in [3.63, 3.8) is 0 Å². The number of carbonyl (C=O) groups is 2. The molecule has 1 fully saturated rings. The Bertz CT molecular complexity index is 796. The van der Waals surface area contributed by atoms with E-state index in [1.807, 2.05) is 6.07 Å². The first kappa shape index (κ1) is 20.5. The summed E-state index contributed by atoms with van der Waals surface area (Å²) in [4.78, 5) is 25.9. The van der Waals surface area contributed by atoms with Gasteiger partial charge in [-0.1, -0.05) is 41.1 Å². The highest BCUT2D eigenvalue weighted by atomic mass is 32.3. The lowest BCUT2D eigenvalue weighted by molar-refractivity contribution is -0.125. The Balaban J connectivity index is 1.96. The average Bonchev–Trinajstić information content (AvgIpc) is 2.81. The molecule has 0 atom stereocenters. The number of piperidine rings is 1. The third-order valence-electron chi connectivity index (χ3n) is 4.91. The molecule has 4 N–H and O–H groups in total. The Morgan fingerprint density at radius 3 is 2.21 bits per heavy atom. The smallest absolute Gasteiger partial charge is 0.407 e. The first-order chi connectivity index (χ1) is 13.0. The third-order valence-corrected chi connectivity index (χ3v) is 7.12. The molecule has 0 radical (unpaired) electrons. The van der Waals surface area contributed by atoms with E-state index in [-0.39, 0.29) is 16.6 Å². The second-order valence-corrected chi connectivity index (χ2v) is 9.86. The molecule has 8 nitrogen and oxygen atoms in total. The number of nitrogens with one attached hydrogen (secondary N) is 1. The highest BCUT2D eigenvalue weighted by Crippen LogP contribution is 2.64. The Morgan fingerprint density at radius 2 is 1.71 bits per heavy atom. The SMILES string of the molecule is CC(C)(C)N1C(=O)C(NC2CCN(C(=O)O)CC2)=C(c2ccccc2)S1(O)O. The zero-order valence-electron chi connectivity index (χ0n) is 16.3. The molecular weight excluding hydrogens is 382 g/mol. The van der Waals surface area contributed by atoms with Gasteiger partial charge in [0.1, 0.15) is 10.6 Å². The summed E-state index contributed by atoms with van der Waals surface area (Å²) in [5.41, 5.74) is -0.0190. The largest absolute Gasteiger partial charge is 0.465 e. The molecule has 1 aromatic rings. The molecular formula is C19H27N3O5S. The standard InChI is InChI=1S/C19H27N3O5S/c1-19(2,3)22-17(23)15(20-14-9-11-21(12-10-14)18(24)25)16(28(22,26)27)13-7-5-4-6-8-13/h4-8,14,20,26-27H,9-12H2,1-3H3,(H,24,25). The fourth-order valence-electron chi connectivity index (χ4n) is 3.67. The highest BCUT2D eigenvalue weighted by Gasteiger charge is 2.50. The first-order valence-electron chi connectivity index (χ1n) is 9.20. The molecule has 154 valence electrons. The van der Waals surface area contributed by atoms with Crippen LogP contribution in [-0.4, -0.2) is 60.1 Å². The van der Waals surface area contributed by atoms with Crippen LogP contribution < -0.4 is 5.32 Å². The van der Waals surface area contributed by atoms with E-state index in [2.05, 4.69) is 5.32 Å². The number of carboxylic acid groups (broad SMARTS) is 1. The summed E-state index contributed by atoms with van der Waals surface area (Å²) >= 11 is 0. The molecule has 2 aliphatic heterocycles. The van der Waals surface area contributed by atoms with E-state index in [0.29, 0.717) is 31.5 Å². The lowest BCUT2D eigenvalue weighted by atomic mass is 10.0. The molecule has 2 amide bonds. The number of hydrogen-bond acceptors (Lipinski definition) is 5. The number of amides is 2. The molecule has 28 heavy (non-hydrogen) atoms. The van der Waals surface area contributed by atoms with Gasteiger partial charge in [-0.05, 0) is 33.6 Å². The summed E-state index contributed by atoms with van der Waals surface area (Å²) in [5.74, 6) is -0.452. The van der Waals surface area contributed by atoms with E-state index in [9.17, 15) is 18.7 Å². The zero-order chi connectivity index (χ0) is 20.7. The monoisotopic (exact) mass is 409 g/mol. The van der Waals surface area contributed by atoms with Crippen LogP contribution in [0.5, 0.6) is 0 Å². The first-order valence-corrected chi connectivity index (χ1v) is 10.7. The summed E-state index contributed by atoms with van der Waals surface area (Å²) in [7, 11) is -3.52. The molecule has 0 spiro atoms. The average molecular weight is 410 g/mol. The summed E-state index contributed by atoms with van der Waals surface area (Å²) < 4.78 is 23.2. The third kappa shape index (κ3) is 3.69. The van der Waals surface area contributed by atoms with Gasteiger partial charge in [0.2, 0.25) is 0 Å². The summed E-state index contributed by atoms with van der Waals surface area (Å²) in [6.07, 6.45) is 0.132. The molecule has 2 heterocycles. The van der Waals surface area contributed by atoms with E-state index < -0.39 is 28.3 Å². The van der Waals surface area contributed by atoms with Crippen LogP contribution in [0.4, 0.5) is 4.79 Å². The second kappa shape index (κ2) is 7.31. The van der Waals surface area contributed by atoms with Crippen molar-refractivity contribution in [3.8, 4) is 0 Å². The summed E-state index contributed by atoms with van der Waals surface area (Å²) in [6.45, 7) is 6.02. The van der Waals surface area contributed by atoms with Gasteiger partial charge in [-0.15, -0.1) is 0 Å². The number of rotatable bonds is 3. The topological polar surface area (TPSA) is 113 Å². The van der Waals surface area contributed by atoms with Gasteiger partial charge in [0.05, 0.1) is 5.54 Å². The van der Waals surface area contributed by atoms with Crippen molar-refractivity contribution in [1.29, 1.82) is 0 Å². The minimum Gasteiger partial charge on any atom is -0.465 e. The number of nitrogens with zero attached hydrogens (tertiary/aromatic N) is 2. The molecule has 1 saturated heterocycles. The van der Waals surface area contributed by atoms with Gasteiger partial charge in [0.15, 0.2) is 0 Å². The molecule has 9 heteroatoms. The maximum absolute atomic E-state index is 13.2. The van der Waals surface area contributed by atoms with Crippen molar-refractivity contribution in [3.05, 3.63) is 41.6 Å². The fourth-order valence-corrected chi connectivity index (χ4v) is 5.81. The molecule has 0 unspecified atom stereocenters. The zero-order valence-corrected chi connectivity index (χ0v) is 17.1. The minimum absolute atomic E-state index is 0.122. The van der Waals surface area contributed by atoms with E-state index in [0.717, 1.165) is 4.31 Å². The van der Waals surface area contributed by atoms with Crippen LogP contribution in [0, 0.1) is 0 Å². The van der Waals surface area contributed by atoms with Gasteiger partial charge in [0.25, 0.3) is 5.91 Å². The van der Waals surface area contributed by atoms with Crippen LogP contribution in [0.3, 0.4) is 0 Å². The van der Waals surface area contributed by atoms with Crippen LogP contribution >= 0.6 is 10.8 Å². The normalized spacial score (nSPS) is 21.8. The number of likely N-dealkylation sites (tertiary alicyclic amines) is 1. The fraction of sp³-hybridized carbons (Fsp3) is 0.474. The van der Waals surface area contributed by atoms with Gasteiger partial charge < -0.3 is 15.3 Å². The van der Waals surface area contributed by atoms with Crippen molar-refractivity contribution >= 4 is 27.7 Å². The lowest BCUT2D eigenvalue weighted by Crippen LogP contribution is -2.47. The van der Waals surface area contributed by atoms with E-state index in [1.165, 1.54) is 4.90 Å². The van der Waals surface area contributed by atoms with Crippen molar-refractivity contribution in [2.45, 2.75) is 45.2 Å². The maximum atomic E-state index is 13.2. The number of benzene rings is 1. The molecule has 0 aliphatic carbocycles. The predicted molar refractivity (Wildman–Crippen MR) is 109 cm³/mol. The second-order valence-electron chi connectivity index (χ2n) is 8.05. The van der Waals surface area contributed by atoms with Gasteiger partial charge in [-0.25, -0.2) is 9.10 Å². The Morgan fingerprint density at radius 1 is 1.14 bits per heavy atom. The quantitative estimate of drug-likeness (QED) is 0.609. The highest BCUT2D eigenvalue weighted by molar-refractivity contribution is 8.31. The predicted octanol–water partition coefficient (Wildman–Crippen LogP) is 3.39. The van der Waals surface area contributed by atoms with Crippen molar-refractivity contribution in [2.75, 3.05) is 13.1 Å². The van der Waals surface area contributed by atoms with Crippen molar-refractivity contribution in [2.24, 2.45) is 0 Å². The number of hydrogen-bond donors (Lipinski definition) is 4. The van der Waals surface area contributed by atoms with Gasteiger partial charge in [0, 0.05) is 24.7 Å². The molecule has 0 bridgehead atoms. The maximum Gasteiger partial charge on any atom is 0.407 e. The summed E-state index contributed by atoms with van der Waals surface area (Å²) in [6, 6.07) is 8.76. The van der Waals surface area contributed by atoms with Gasteiger partial charge >= 0.3 is 6.09 Å². The van der Waals surface area contributed by atoms with Gasteiger partial charge in [-0.3, -0.25) is 13.9 Å². The van der Waals surface area contributed by atoms with Crippen LogP contribution in [0.25, 0.3) is 4.91 Å². The molecule has 0 aromatic heterocycles. The van der Waals surface area contributed by atoms with E-state index in [1.54, 1.807) is 45.0 Å². The lowest BCUT2D eigenvalue weighted by Gasteiger charge is -2.45. The van der Waals surface area contributed by atoms with Crippen LogP contribution in [0.1, 0.15) is 39.2 Å². The minimum atomic E-state index is -3.52. The molecule has 3 rings (SSSR count).